The van der Waals surface area contributed by atoms with Gasteiger partial charge in [0, 0.05) is 24.1 Å². The summed E-state index contributed by atoms with van der Waals surface area (Å²) < 4.78 is 40.0. The van der Waals surface area contributed by atoms with E-state index in [-0.39, 0.29) is 16.4 Å². The van der Waals surface area contributed by atoms with E-state index in [1.54, 1.807) is 12.1 Å². The van der Waals surface area contributed by atoms with Crippen LogP contribution in [0, 0.1) is 0 Å². The van der Waals surface area contributed by atoms with Crippen molar-refractivity contribution in [1.82, 2.24) is 14.8 Å². The maximum atomic E-state index is 13.0. The van der Waals surface area contributed by atoms with E-state index in [9.17, 15) is 18.0 Å². The van der Waals surface area contributed by atoms with E-state index >= 15 is 0 Å². The Kier molecular flexibility index (Phi) is 4.45. The Labute approximate surface area is 145 Å². The lowest BCUT2D eigenvalue weighted by Crippen LogP contribution is -2.17. The maximum absolute atomic E-state index is 13.0. The van der Waals surface area contributed by atoms with E-state index in [4.69, 9.17) is 11.6 Å². The van der Waals surface area contributed by atoms with E-state index in [2.05, 4.69) is 15.4 Å². The zero-order chi connectivity index (χ0) is 18.0. The van der Waals surface area contributed by atoms with Gasteiger partial charge in [0.2, 0.25) is 0 Å². The molecule has 0 unspecified atom stereocenters. The lowest BCUT2D eigenvalue weighted by Gasteiger charge is -2.09. The van der Waals surface area contributed by atoms with Crippen molar-refractivity contribution >= 4 is 23.2 Å². The molecule has 0 atom stereocenters. The molecule has 5 nitrogen and oxygen atoms in total. The summed E-state index contributed by atoms with van der Waals surface area (Å²) in [7, 11) is 0. The average molecular weight is 367 g/mol. The molecule has 3 aromatic rings. The molecule has 0 aliphatic rings. The van der Waals surface area contributed by atoms with Gasteiger partial charge in [0.25, 0.3) is 5.91 Å². The number of rotatable bonds is 3. The first-order chi connectivity index (χ1) is 11.9. The number of carbonyl (C=O) groups excluding carboxylic acids is 1. The van der Waals surface area contributed by atoms with E-state index < -0.39 is 17.8 Å². The van der Waals surface area contributed by atoms with Crippen molar-refractivity contribution in [3.63, 3.8) is 0 Å². The Hall–Kier alpha value is -2.87. The van der Waals surface area contributed by atoms with Gasteiger partial charge in [-0.25, -0.2) is 4.68 Å². The minimum atomic E-state index is -4.70. The zero-order valence-corrected chi connectivity index (χ0v) is 13.2. The molecule has 0 aliphatic carbocycles. The summed E-state index contributed by atoms with van der Waals surface area (Å²) in [6.07, 6.45) is -1.80. The second kappa shape index (κ2) is 6.56. The normalized spacial score (nSPS) is 11.4. The Morgan fingerprint density at radius 3 is 2.44 bits per heavy atom. The van der Waals surface area contributed by atoms with Crippen LogP contribution in [0.4, 0.5) is 18.9 Å². The Bertz CT molecular complexity index is 909. The summed E-state index contributed by atoms with van der Waals surface area (Å²) >= 11 is 6.04. The molecule has 25 heavy (non-hydrogen) atoms. The molecule has 2 heterocycles. The molecular formula is C16H10ClF3N4O. The number of anilines is 1. The number of hydrogen-bond acceptors (Lipinski definition) is 3. The molecule has 0 saturated heterocycles. The minimum absolute atomic E-state index is 0.164. The molecule has 1 aromatic carbocycles. The highest BCUT2D eigenvalue weighted by Gasteiger charge is 2.36. The third kappa shape index (κ3) is 3.63. The molecule has 1 N–H and O–H groups in total. The molecule has 3 rings (SSSR count). The van der Waals surface area contributed by atoms with Crippen LogP contribution < -0.4 is 5.32 Å². The molecule has 0 aliphatic heterocycles. The molecule has 1 amide bonds. The molecule has 0 radical (unpaired) electrons. The molecule has 0 bridgehead atoms. The van der Waals surface area contributed by atoms with Crippen LogP contribution in [0.25, 0.3) is 5.69 Å². The molecule has 128 valence electrons. The minimum Gasteiger partial charge on any atom is -0.321 e. The standard InChI is InChI=1S/C16H10ClF3N4O/c17-11-3-1-2-4-12(11)24-13(9-14(23-24)16(18,19)20)15(25)22-10-5-7-21-8-6-10/h1-9H,(H,21,22,25). The van der Waals surface area contributed by atoms with Gasteiger partial charge in [0.1, 0.15) is 5.69 Å². The van der Waals surface area contributed by atoms with E-state index in [0.29, 0.717) is 11.8 Å². The number of aromatic nitrogens is 3. The van der Waals surface area contributed by atoms with Crippen molar-refractivity contribution in [1.29, 1.82) is 0 Å². The van der Waals surface area contributed by atoms with Gasteiger partial charge >= 0.3 is 6.18 Å². The van der Waals surface area contributed by atoms with Gasteiger partial charge in [-0.15, -0.1) is 0 Å². The van der Waals surface area contributed by atoms with Crippen molar-refractivity contribution in [3.8, 4) is 5.69 Å². The number of pyridine rings is 1. The van der Waals surface area contributed by atoms with Crippen molar-refractivity contribution < 1.29 is 18.0 Å². The lowest BCUT2D eigenvalue weighted by atomic mass is 10.3. The van der Waals surface area contributed by atoms with Crippen molar-refractivity contribution in [3.05, 3.63) is 71.3 Å². The van der Waals surface area contributed by atoms with Gasteiger partial charge in [-0.1, -0.05) is 23.7 Å². The fourth-order valence-corrected chi connectivity index (χ4v) is 2.33. The number of alkyl halides is 3. The number of amides is 1. The van der Waals surface area contributed by atoms with Crippen molar-refractivity contribution in [2.24, 2.45) is 0 Å². The second-order valence-corrected chi connectivity index (χ2v) is 5.37. The number of nitrogens with zero attached hydrogens (tertiary/aromatic N) is 3. The summed E-state index contributed by atoms with van der Waals surface area (Å²) in [5, 5.41) is 6.18. The van der Waals surface area contributed by atoms with Crippen LogP contribution in [-0.2, 0) is 6.18 Å². The molecule has 0 saturated carbocycles. The first kappa shape index (κ1) is 17.0. The average Bonchev–Trinajstić information content (AvgIpc) is 3.02. The number of carbonyl (C=O) groups is 1. The smallest absolute Gasteiger partial charge is 0.321 e. The van der Waals surface area contributed by atoms with Gasteiger partial charge < -0.3 is 5.32 Å². The molecule has 9 heteroatoms. The Balaban J connectivity index is 2.07. The highest BCUT2D eigenvalue weighted by Crippen LogP contribution is 2.31. The Morgan fingerprint density at radius 1 is 1.12 bits per heavy atom. The number of benzene rings is 1. The van der Waals surface area contributed by atoms with Crippen LogP contribution in [0.2, 0.25) is 5.02 Å². The Morgan fingerprint density at radius 2 is 1.80 bits per heavy atom. The van der Waals surface area contributed by atoms with Crippen LogP contribution in [0.1, 0.15) is 16.2 Å². The van der Waals surface area contributed by atoms with Crippen LogP contribution in [0.5, 0.6) is 0 Å². The predicted molar refractivity (Wildman–Crippen MR) is 85.8 cm³/mol. The summed E-state index contributed by atoms with van der Waals surface area (Å²) in [5.74, 6) is -0.755. The summed E-state index contributed by atoms with van der Waals surface area (Å²) in [6.45, 7) is 0. The molecule has 0 spiro atoms. The number of halogens is 4. The van der Waals surface area contributed by atoms with Gasteiger partial charge in [-0.05, 0) is 24.3 Å². The van der Waals surface area contributed by atoms with Crippen LogP contribution in [0.3, 0.4) is 0 Å². The largest absolute Gasteiger partial charge is 0.435 e. The van der Waals surface area contributed by atoms with Gasteiger partial charge in [-0.3, -0.25) is 9.78 Å². The van der Waals surface area contributed by atoms with Crippen LogP contribution >= 0.6 is 11.6 Å². The number of hydrogen-bond donors (Lipinski definition) is 1. The highest BCUT2D eigenvalue weighted by molar-refractivity contribution is 6.32. The summed E-state index contributed by atoms with van der Waals surface area (Å²) in [5.41, 5.74) is -0.926. The first-order valence-electron chi connectivity index (χ1n) is 7.00. The third-order valence-corrected chi connectivity index (χ3v) is 3.57. The second-order valence-electron chi connectivity index (χ2n) is 4.97. The van der Waals surface area contributed by atoms with E-state index in [1.807, 2.05) is 0 Å². The van der Waals surface area contributed by atoms with Gasteiger partial charge in [0.15, 0.2) is 5.69 Å². The SMILES string of the molecule is O=C(Nc1ccncc1)c1cc(C(F)(F)F)nn1-c1ccccc1Cl. The molecule has 0 fully saturated rings. The maximum Gasteiger partial charge on any atom is 0.435 e. The highest BCUT2D eigenvalue weighted by atomic mass is 35.5. The fourth-order valence-electron chi connectivity index (χ4n) is 2.12. The summed E-state index contributed by atoms with van der Waals surface area (Å²) in [6, 6.07) is 9.88. The quantitative estimate of drug-likeness (QED) is 0.756. The van der Waals surface area contributed by atoms with Gasteiger partial charge in [0.05, 0.1) is 10.7 Å². The number of para-hydroxylation sites is 1. The van der Waals surface area contributed by atoms with Crippen molar-refractivity contribution in [2.75, 3.05) is 5.32 Å². The third-order valence-electron chi connectivity index (χ3n) is 3.25. The summed E-state index contributed by atoms with van der Waals surface area (Å²) in [4.78, 5) is 16.3. The zero-order valence-electron chi connectivity index (χ0n) is 12.5. The van der Waals surface area contributed by atoms with E-state index in [1.165, 1.54) is 36.7 Å². The molecule has 2 aromatic heterocycles. The van der Waals surface area contributed by atoms with Crippen LogP contribution in [0.15, 0.2) is 54.9 Å². The first-order valence-corrected chi connectivity index (χ1v) is 7.37. The van der Waals surface area contributed by atoms with E-state index in [0.717, 1.165) is 4.68 Å². The number of nitrogens with one attached hydrogen (secondary N) is 1. The monoisotopic (exact) mass is 366 g/mol. The lowest BCUT2D eigenvalue weighted by molar-refractivity contribution is -0.141. The predicted octanol–water partition coefficient (Wildman–Crippen LogP) is 4.19. The van der Waals surface area contributed by atoms with Crippen LogP contribution in [-0.4, -0.2) is 20.7 Å². The van der Waals surface area contributed by atoms with Gasteiger partial charge in [-0.2, -0.15) is 18.3 Å². The molecular weight excluding hydrogens is 357 g/mol. The van der Waals surface area contributed by atoms with Crippen molar-refractivity contribution in [2.45, 2.75) is 6.18 Å². The topological polar surface area (TPSA) is 59.8 Å². The fraction of sp³-hybridized carbons (Fsp3) is 0.0625.